The number of hydrogen-bond donors (Lipinski definition) is 1. The Hall–Kier alpha value is -2.43. The van der Waals surface area contributed by atoms with Crippen LogP contribution in [0.5, 0.6) is 0 Å². The van der Waals surface area contributed by atoms with Gasteiger partial charge in [0.15, 0.2) is 5.82 Å². The van der Waals surface area contributed by atoms with Crippen molar-refractivity contribution in [2.24, 2.45) is 0 Å². The molecule has 0 radical (unpaired) electrons. The van der Waals surface area contributed by atoms with Gasteiger partial charge in [-0.05, 0) is 38.1 Å². The number of esters is 1. The number of aryl methyl sites for hydroxylation is 1. The van der Waals surface area contributed by atoms with E-state index in [0.717, 1.165) is 11.3 Å². The lowest BCUT2D eigenvalue weighted by Crippen LogP contribution is -2.08. The number of nitrogen functional groups attached to an aromatic ring is 1. The molecule has 98 valence electrons. The molecule has 0 bridgehead atoms. The first kappa shape index (κ1) is 13.0. The first-order valence-electron chi connectivity index (χ1n) is 5.98. The average Bonchev–Trinajstić information content (AvgIpc) is 2.39. The Morgan fingerprint density at radius 1 is 1.37 bits per heavy atom. The lowest BCUT2D eigenvalue weighted by atomic mass is 10.1. The van der Waals surface area contributed by atoms with E-state index in [0.29, 0.717) is 23.7 Å². The highest BCUT2D eigenvalue weighted by molar-refractivity contribution is 5.96. The lowest BCUT2D eigenvalue weighted by molar-refractivity contribution is 0.0527. The number of aromatic nitrogens is 2. The van der Waals surface area contributed by atoms with Crippen molar-refractivity contribution in [3.63, 3.8) is 0 Å². The van der Waals surface area contributed by atoms with E-state index in [1.54, 1.807) is 31.3 Å². The number of nitrogens with two attached hydrogens (primary N) is 1. The van der Waals surface area contributed by atoms with Crippen LogP contribution < -0.4 is 5.73 Å². The van der Waals surface area contributed by atoms with E-state index in [1.165, 1.54) is 0 Å². The summed E-state index contributed by atoms with van der Waals surface area (Å²) in [7, 11) is 0. The maximum Gasteiger partial charge on any atom is 0.340 e. The van der Waals surface area contributed by atoms with Gasteiger partial charge in [-0.2, -0.15) is 0 Å². The van der Waals surface area contributed by atoms with E-state index in [1.807, 2.05) is 13.0 Å². The number of ether oxygens (including phenoxy) is 1. The predicted octanol–water partition coefficient (Wildman–Crippen LogP) is 2.21. The molecule has 2 aromatic rings. The van der Waals surface area contributed by atoms with Crippen molar-refractivity contribution in [1.82, 2.24) is 9.97 Å². The molecular formula is C14H15N3O2. The number of anilines is 1. The summed E-state index contributed by atoms with van der Waals surface area (Å²) < 4.78 is 4.96. The molecule has 1 aromatic carbocycles. The van der Waals surface area contributed by atoms with Gasteiger partial charge in [-0.15, -0.1) is 0 Å². The first-order valence-corrected chi connectivity index (χ1v) is 5.98. The Bertz CT molecular complexity index is 611. The van der Waals surface area contributed by atoms with Crippen molar-refractivity contribution in [3.8, 4) is 11.4 Å². The van der Waals surface area contributed by atoms with Crippen LogP contribution in [0.25, 0.3) is 11.4 Å². The average molecular weight is 257 g/mol. The molecule has 0 fully saturated rings. The van der Waals surface area contributed by atoms with Gasteiger partial charge in [-0.3, -0.25) is 0 Å². The number of hydrogen-bond acceptors (Lipinski definition) is 5. The van der Waals surface area contributed by atoms with Crippen LogP contribution in [0.3, 0.4) is 0 Å². The van der Waals surface area contributed by atoms with Crippen molar-refractivity contribution < 1.29 is 9.53 Å². The normalized spacial score (nSPS) is 10.2. The minimum absolute atomic E-state index is 0.309. The summed E-state index contributed by atoms with van der Waals surface area (Å²) >= 11 is 0. The van der Waals surface area contributed by atoms with E-state index in [9.17, 15) is 4.79 Å². The lowest BCUT2D eigenvalue weighted by Gasteiger charge is -2.07. The van der Waals surface area contributed by atoms with E-state index in [4.69, 9.17) is 10.5 Å². The molecule has 0 saturated heterocycles. The largest absolute Gasteiger partial charge is 0.462 e. The zero-order valence-corrected chi connectivity index (χ0v) is 10.9. The van der Waals surface area contributed by atoms with Crippen LogP contribution >= 0.6 is 0 Å². The summed E-state index contributed by atoms with van der Waals surface area (Å²) in [6, 6.07) is 6.91. The van der Waals surface area contributed by atoms with Crippen molar-refractivity contribution in [2.75, 3.05) is 12.3 Å². The molecule has 0 aliphatic heterocycles. The van der Waals surface area contributed by atoms with Gasteiger partial charge in [-0.25, -0.2) is 14.8 Å². The van der Waals surface area contributed by atoms with Crippen molar-refractivity contribution in [2.45, 2.75) is 13.8 Å². The highest BCUT2D eigenvalue weighted by atomic mass is 16.5. The molecule has 0 atom stereocenters. The smallest absolute Gasteiger partial charge is 0.340 e. The van der Waals surface area contributed by atoms with Crippen molar-refractivity contribution in [1.29, 1.82) is 0 Å². The van der Waals surface area contributed by atoms with Gasteiger partial charge in [0.1, 0.15) is 0 Å². The third-order valence-corrected chi connectivity index (χ3v) is 2.60. The van der Waals surface area contributed by atoms with Gasteiger partial charge in [0.05, 0.1) is 12.2 Å². The standard InChI is InChI=1S/C14H15N3O2/c1-3-19-14(18)11-8-10(4-5-12(11)15)13-16-7-6-9(2)17-13/h4-8H,3,15H2,1-2H3. The van der Waals surface area contributed by atoms with Crippen LogP contribution in [0.2, 0.25) is 0 Å². The van der Waals surface area contributed by atoms with Crippen molar-refractivity contribution >= 4 is 11.7 Å². The van der Waals surface area contributed by atoms with Crippen molar-refractivity contribution in [3.05, 3.63) is 41.7 Å². The van der Waals surface area contributed by atoms with Crippen LogP contribution in [0.1, 0.15) is 23.0 Å². The van der Waals surface area contributed by atoms with Gasteiger partial charge in [0.25, 0.3) is 0 Å². The minimum atomic E-state index is -0.436. The quantitative estimate of drug-likeness (QED) is 0.673. The van der Waals surface area contributed by atoms with E-state index >= 15 is 0 Å². The van der Waals surface area contributed by atoms with Gasteiger partial charge >= 0.3 is 5.97 Å². The molecule has 0 unspecified atom stereocenters. The van der Waals surface area contributed by atoms with Gasteiger partial charge in [-0.1, -0.05) is 0 Å². The monoisotopic (exact) mass is 257 g/mol. The SMILES string of the molecule is CCOC(=O)c1cc(-c2nccc(C)n2)ccc1N. The fraction of sp³-hybridized carbons (Fsp3) is 0.214. The topological polar surface area (TPSA) is 78.1 Å². The van der Waals surface area contributed by atoms with Gasteiger partial charge < -0.3 is 10.5 Å². The second kappa shape index (κ2) is 5.48. The molecule has 1 aromatic heterocycles. The summed E-state index contributed by atoms with van der Waals surface area (Å²) in [6.45, 7) is 3.94. The molecule has 5 heteroatoms. The number of carbonyl (C=O) groups is 1. The maximum absolute atomic E-state index is 11.8. The van der Waals surface area contributed by atoms with Crippen LogP contribution in [0.4, 0.5) is 5.69 Å². The fourth-order valence-corrected chi connectivity index (χ4v) is 1.67. The third kappa shape index (κ3) is 2.88. The Balaban J connectivity index is 2.44. The highest BCUT2D eigenvalue weighted by Crippen LogP contribution is 2.21. The molecule has 19 heavy (non-hydrogen) atoms. The molecular weight excluding hydrogens is 242 g/mol. The first-order chi connectivity index (χ1) is 9.11. The van der Waals surface area contributed by atoms with Crippen LogP contribution in [0.15, 0.2) is 30.5 Å². The summed E-state index contributed by atoms with van der Waals surface area (Å²) in [6.07, 6.45) is 1.68. The van der Waals surface area contributed by atoms with Gasteiger partial charge in [0.2, 0.25) is 0 Å². The second-order valence-electron chi connectivity index (χ2n) is 4.04. The zero-order chi connectivity index (χ0) is 13.8. The van der Waals surface area contributed by atoms with E-state index in [-0.39, 0.29) is 0 Å². The summed E-state index contributed by atoms with van der Waals surface area (Å²) in [5.41, 5.74) is 8.11. The van der Waals surface area contributed by atoms with E-state index < -0.39 is 5.97 Å². The van der Waals surface area contributed by atoms with Crippen LogP contribution in [-0.2, 0) is 4.74 Å². The summed E-state index contributed by atoms with van der Waals surface area (Å²) in [4.78, 5) is 20.3. The number of benzene rings is 1. The van der Waals surface area contributed by atoms with Crippen LogP contribution in [0, 0.1) is 6.92 Å². The minimum Gasteiger partial charge on any atom is -0.462 e. The molecule has 0 saturated carbocycles. The number of carbonyl (C=O) groups excluding carboxylic acids is 1. The maximum atomic E-state index is 11.8. The van der Waals surface area contributed by atoms with Gasteiger partial charge in [0, 0.05) is 23.1 Å². The Morgan fingerprint density at radius 2 is 2.16 bits per heavy atom. The zero-order valence-electron chi connectivity index (χ0n) is 10.9. The van der Waals surface area contributed by atoms with E-state index in [2.05, 4.69) is 9.97 Å². The molecule has 0 spiro atoms. The Morgan fingerprint density at radius 3 is 2.84 bits per heavy atom. The predicted molar refractivity (Wildman–Crippen MR) is 72.6 cm³/mol. The second-order valence-corrected chi connectivity index (χ2v) is 4.04. The Labute approximate surface area is 111 Å². The molecule has 1 heterocycles. The molecule has 5 nitrogen and oxygen atoms in total. The fourth-order valence-electron chi connectivity index (χ4n) is 1.67. The Kier molecular flexibility index (Phi) is 3.75. The number of rotatable bonds is 3. The molecule has 0 aliphatic carbocycles. The molecule has 2 rings (SSSR count). The molecule has 0 amide bonds. The van der Waals surface area contributed by atoms with Crippen LogP contribution in [-0.4, -0.2) is 22.5 Å². The summed E-state index contributed by atoms with van der Waals surface area (Å²) in [5.74, 6) is 0.125. The number of nitrogens with zero attached hydrogens (tertiary/aromatic N) is 2. The third-order valence-electron chi connectivity index (χ3n) is 2.60. The highest BCUT2D eigenvalue weighted by Gasteiger charge is 2.13. The summed E-state index contributed by atoms with van der Waals surface area (Å²) in [5, 5.41) is 0. The molecule has 2 N–H and O–H groups in total. The molecule has 0 aliphatic rings.